The predicted octanol–water partition coefficient (Wildman–Crippen LogP) is 0.0411. The van der Waals surface area contributed by atoms with E-state index < -0.39 is 12.0 Å². The number of aldehydes is 1. The third-order valence-electron chi connectivity index (χ3n) is 2.33. The van der Waals surface area contributed by atoms with Crippen molar-refractivity contribution in [2.45, 2.75) is 31.7 Å². The summed E-state index contributed by atoms with van der Waals surface area (Å²) in [5.41, 5.74) is 0. The highest BCUT2D eigenvalue weighted by Gasteiger charge is 2.33. The van der Waals surface area contributed by atoms with E-state index in [0.717, 1.165) is 6.42 Å². The fourth-order valence-corrected chi connectivity index (χ4v) is 1.65. The summed E-state index contributed by atoms with van der Waals surface area (Å²) in [6, 6.07) is -0.686. The summed E-state index contributed by atoms with van der Waals surface area (Å²) in [6.07, 6.45) is 2.20. The third-order valence-corrected chi connectivity index (χ3v) is 2.33. The number of aliphatic carboxylic acids is 1. The van der Waals surface area contributed by atoms with Crippen molar-refractivity contribution in [1.82, 2.24) is 4.90 Å². The lowest BCUT2D eigenvalue weighted by Crippen LogP contribution is -2.40. The maximum Gasteiger partial charge on any atom is 0.326 e. The van der Waals surface area contributed by atoms with Crippen LogP contribution in [0.4, 0.5) is 0 Å². The van der Waals surface area contributed by atoms with Crippen molar-refractivity contribution in [1.29, 1.82) is 0 Å². The molecule has 0 aromatic carbocycles. The van der Waals surface area contributed by atoms with E-state index in [-0.39, 0.29) is 18.7 Å². The smallest absolute Gasteiger partial charge is 0.326 e. The van der Waals surface area contributed by atoms with Gasteiger partial charge in [-0.25, -0.2) is 4.79 Å². The second-order valence-electron chi connectivity index (χ2n) is 3.29. The SMILES string of the molecule is O=CCCC(=O)N1CCC[C@H]1C(=O)O. The molecule has 0 bridgehead atoms. The highest BCUT2D eigenvalue weighted by atomic mass is 16.4. The Hall–Kier alpha value is -1.39. The first-order valence-corrected chi connectivity index (χ1v) is 4.62. The quantitative estimate of drug-likeness (QED) is 0.649. The van der Waals surface area contributed by atoms with E-state index in [2.05, 4.69) is 0 Å². The summed E-state index contributed by atoms with van der Waals surface area (Å²) >= 11 is 0. The fraction of sp³-hybridized carbons (Fsp3) is 0.667. The maximum atomic E-state index is 11.4. The van der Waals surface area contributed by atoms with Gasteiger partial charge in [0.05, 0.1) is 0 Å². The molecule has 1 rings (SSSR count). The minimum atomic E-state index is -0.957. The zero-order valence-corrected chi connectivity index (χ0v) is 7.81. The Kier molecular flexibility index (Phi) is 3.62. The van der Waals surface area contributed by atoms with Crippen LogP contribution in [-0.2, 0) is 14.4 Å². The zero-order valence-electron chi connectivity index (χ0n) is 7.81. The van der Waals surface area contributed by atoms with Crippen molar-refractivity contribution in [3.05, 3.63) is 0 Å². The number of carbonyl (C=O) groups is 3. The molecule has 1 aliphatic rings. The number of nitrogens with zero attached hydrogens (tertiary/aromatic N) is 1. The summed E-state index contributed by atoms with van der Waals surface area (Å²) in [7, 11) is 0. The van der Waals surface area contributed by atoms with Crippen LogP contribution in [0.5, 0.6) is 0 Å². The summed E-state index contributed by atoms with van der Waals surface area (Å²) < 4.78 is 0. The molecule has 0 unspecified atom stereocenters. The lowest BCUT2D eigenvalue weighted by molar-refractivity contribution is -0.148. The molecule has 5 nitrogen and oxygen atoms in total. The summed E-state index contributed by atoms with van der Waals surface area (Å²) in [5.74, 6) is -1.19. The van der Waals surface area contributed by atoms with Gasteiger partial charge in [0.15, 0.2) is 0 Å². The Morgan fingerprint density at radius 1 is 1.50 bits per heavy atom. The first-order chi connectivity index (χ1) is 6.66. The van der Waals surface area contributed by atoms with E-state index in [1.165, 1.54) is 4.90 Å². The molecular formula is C9H13NO4. The third kappa shape index (κ3) is 2.31. The Bertz CT molecular complexity index is 251. The Balaban J connectivity index is 2.53. The van der Waals surface area contributed by atoms with Gasteiger partial charge in [-0.2, -0.15) is 0 Å². The van der Waals surface area contributed by atoms with Gasteiger partial charge in [0.2, 0.25) is 5.91 Å². The molecule has 0 radical (unpaired) electrons. The summed E-state index contributed by atoms with van der Waals surface area (Å²) in [5, 5.41) is 8.79. The minimum absolute atomic E-state index is 0.118. The lowest BCUT2D eigenvalue weighted by atomic mass is 10.2. The van der Waals surface area contributed by atoms with Crippen LogP contribution in [0.1, 0.15) is 25.7 Å². The van der Waals surface area contributed by atoms with Crippen LogP contribution in [0.2, 0.25) is 0 Å². The summed E-state index contributed by atoms with van der Waals surface area (Å²) in [6.45, 7) is 0.495. The van der Waals surface area contributed by atoms with E-state index in [4.69, 9.17) is 5.11 Å². The van der Waals surface area contributed by atoms with E-state index in [1.807, 2.05) is 0 Å². The van der Waals surface area contributed by atoms with Crippen LogP contribution >= 0.6 is 0 Å². The van der Waals surface area contributed by atoms with Gasteiger partial charge in [0.25, 0.3) is 0 Å². The van der Waals surface area contributed by atoms with Crippen LogP contribution in [0.3, 0.4) is 0 Å². The second-order valence-corrected chi connectivity index (χ2v) is 3.29. The van der Waals surface area contributed by atoms with Crippen molar-refractivity contribution in [3.63, 3.8) is 0 Å². The molecule has 1 fully saturated rings. The van der Waals surface area contributed by atoms with Crippen LogP contribution < -0.4 is 0 Å². The molecule has 1 amide bonds. The van der Waals surface area contributed by atoms with Crippen LogP contribution in [-0.4, -0.2) is 40.8 Å². The zero-order chi connectivity index (χ0) is 10.6. The average molecular weight is 199 g/mol. The molecule has 1 atom stereocenters. The van der Waals surface area contributed by atoms with Gasteiger partial charge in [0.1, 0.15) is 12.3 Å². The number of hydrogen-bond acceptors (Lipinski definition) is 3. The first kappa shape index (κ1) is 10.7. The molecule has 0 aliphatic carbocycles. The molecule has 0 aromatic rings. The highest BCUT2D eigenvalue weighted by molar-refractivity contribution is 5.85. The molecule has 1 saturated heterocycles. The normalized spacial score (nSPS) is 20.9. The number of carbonyl (C=O) groups excluding carboxylic acids is 2. The largest absolute Gasteiger partial charge is 0.480 e. The van der Waals surface area contributed by atoms with E-state index in [1.54, 1.807) is 0 Å². The number of hydrogen-bond donors (Lipinski definition) is 1. The van der Waals surface area contributed by atoms with Crippen molar-refractivity contribution in [3.8, 4) is 0 Å². The molecule has 0 spiro atoms. The van der Waals surface area contributed by atoms with Gasteiger partial charge in [-0.15, -0.1) is 0 Å². The van der Waals surface area contributed by atoms with Crippen molar-refractivity contribution in [2.75, 3.05) is 6.54 Å². The van der Waals surface area contributed by atoms with Crippen molar-refractivity contribution in [2.24, 2.45) is 0 Å². The van der Waals surface area contributed by atoms with Crippen LogP contribution in [0.15, 0.2) is 0 Å². The molecule has 1 heterocycles. The number of likely N-dealkylation sites (tertiary alicyclic amines) is 1. The Morgan fingerprint density at radius 3 is 2.79 bits per heavy atom. The predicted molar refractivity (Wildman–Crippen MR) is 47.7 cm³/mol. The molecule has 5 heteroatoms. The molecular weight excluding hydrogens is 186 g/mol. The second kappa shape index (κ2) is 4.74. The molecule has 78 valence electrons. The van der Waals surface area contributed by atoms with Crippen LogP contribution in [0, 0.1) is 0 Å². The van der Waals surface area contributed by atoms with Crippen molar-refractivity contribution >= 4 is 18.2 Å². The lowest BCUT2D eigenvalue weighted by Gasteiger charge is -2.20. The average Bonchev–Trinajstić information content (AvgIpc) is 2.62. The van der Waals surface area contributed by atoms with Crippen molar-refractivity contribution < 1.29 is 19.5 Å². The van der Waals surface area contributed by atoms with Gasteiger partial charge in [0, 0.05) is 19.4 Å². The molecule has 1 N–H and O–H groups in total. The van der Waals surface area contributed by atoms with Gasteiger partial charge >= 0.3 is 5.97 Å². The van der Waals surface area contributed by atoms with Gasteiger partial charge in [-0.05, 0) is 12.8 Å². The highest BCUT2D eigenvalue weighted by Crippen LogP contribution is 2.18. The maximum absolute atomic E-state index is 11.4. The summed E-state index contributed by atoms with van der Waals surface area (Å²) in [4.78, 5) is 33.6. The molecule has 0 aromatic heterocycles. The Labute approximate surface area is 81.7 Å². The molecule has 0 saturated carbocycles. The van der Waals surface area contributed by atoms with Gasteiger partial charge in [-0.3, -0.25) is 4.79 Å². The monoisotopic (exact) mass is 199 g/mol. The van der Waals surface area contributed by atoms with Gasteiger partial charge in [-0.1, -0.05) is 0 Å². The van der Waals surface area contributed by atoms with Gasteiger partial charge < -0.3 is 14.8 Å². The first-order valence-electron chi connectivity index (χ1n) is 4.62. The molecule has 14 heavy (non-hydrogen) atoms. The number of amides is 1. The number of carboxylic acids is 1. The Morgan fingerprint density at radius 2 is 2.21 bits per heavy atom. The fourth-order valence-electron chi connectivity index (χ4n) is 1.65. The van der Waals surface area contributed by atoms with E-state index in [9.17, 15) is 14.4 Å². The van der Waals surface area contributed by atoms with E-state index in [0.29, 0.717) is 19.3 Å². The number of rotatable bonds is 4. The number of carboxylic acid groups (broad SMARTS) is 1. The van der Waals surface area contributed by atoms with E-state index >= 15 is 0 Å². The molecule has 1 aliphatic heterocycles. The standard InChI is InChI=1S/C9H13NO4/c11-6-2-4-8(12)10-5-1-3-7(10)9(13)14/h6-7H,1-5H2,(H,13,14)/t7-/m0/s1. The minimum Gasteiger partial charge on any atom is -0.480 e. The topological polar surface area (TPSA) is 74.7 Å². The van der Waals surface area contributed by atoms with Crippen LogP contribution in [0.25, 0.3) is 0 Å².